The van der Waals surface area contributed by atoms with E-state index in [0.717, 1.165) is 62.5 Å². The van der Waals surface area contributed by atoms with E-state index in [1.165, 1.54) is 41.1 Å². The Morgan fingerprint density at radius 3 is 2.63 bits per heavy atom. The lowest BCUT2D eigenvalue weighted by Crippen LogP contribution is -2.28. The molecule has 1 saturated heterocycles. The Morgan fingerprint density at radius 2 is 1.87 bits per heavy atom. The number of hydrogen-bond donors (Lipinski definition) is 2. The summed E-state index contributed by atoms with van der Waals surface area (Å²) >= 11 is 0. The number of imidazole rings is 1. The van der Waals surface area contributed by atoms with Crippen molar-refractivity contribution in [1.29, 1.82) is 0 Å². The maximum Gasteiger partial charge on any atom is 0.155 e. The molecule has 0 amide bonds. The molecule has 0 unspecified atom stereocenters. The molecule has 3 aliphatic rings. The fraction of sp³-hybridized carbons (Fsp3) is 0.567. The number of fused-ring (bicyclic) bond motifs is 1. The fourth-order valence-corrected chi connectivity index (χ4v) is 6.44. The minimum absolute atomic E-state index is 0.427. The Bertz CT molecular complexity index is 1260. The molecule has 1 aliphatic carbocycles. The van der Waals surface area contributed by atoms with Gasteiger partial charge in [0.25, 0.3) is 0 Å². The maximum atomic E-state index is 5.75. The normalized spacial score (nSPS) is 23.7. The van der Waals surface area contributed by atoms with Crippen LogP contribution in [0.1, 0.15) is 79.9 Å². The molecule has 4 heterocycles. The standard InChI is InChI=1S/C30H41N7O/c1-4-36-19-38-18-34-29-28(36)27(32-17-33-29)22-9-11-23(12-10-22)30-35-26(24-8-7-20(2)21(3)14-24)16-37(30)15-25-6-5-13-31-25/h7-8,14,16-17,22-23,25,31H,4-6,9-13,15,18-19H2,1-3H3,(H,32,33,34)/t22?,23?,25-/m0/s1. The van der Waals surface area contributed by atoms with E-state index in [-0.39, 0.29) is 0 Å². The molecule has 202 valence electrons. The second-order valence-electron chi connectivity index (χ2n) is 11.2. The lowest BCUT2D eigenvalue weighted by atomic mass is 9.79. The molecule has 0 spiro atoms. The van der Waals surface area contributed by atoms with E-state index < -0.39 is 0 Å². The first-order valence-corrected chi connectivity index (χ1v) is 14.4. The Morgan fingerprint density at radius 1 is 1.03 bits per heavy atom. The summed E-state index contributed by atoms with van der Waals surface area (Å²) in [6.45, 7) is 10.6. The molecule has 2 N–H and O–H groups in total. The van der Waals surface area contributed by atoms with Gasteiger partial charge in [0.1, 0.15) is 31.3 Å². The number of nitrogens with zero attached hydrogens (tertiary/aromatic N) is 5. The number of benzene rings is 1. The number of ether oxygens (including phenoxy) is 1. The highest BCUT2D eigenvalue weighted by molar-refractivity contribution is 5.69. The molecule has 1 aromatic carbocycles. The van der Waals surface area contributed by atoms with Crippen molar-refractivity contribution in [1.82, 2.24) is 24.8 Å². The van der Waals surface area contributed by atoms with E-state index in [9.17, 15) is 0 Å². The van der Waals surface area contributed by atoms with Crippen molar-refractivity contribution >= 4 is 11.5 Å². The van der Waals surface area contributed by atoms with Gasteiger partial charge in [-0.2, -0.15) is 0 Å². The van der Waals surface area contributed by atoms with Crippen molar-refractivity contribution in [2.24, 2.45) is 0 Å². The summed E-state index contributed by atoms with van der Waals surface area (Å²) in [5.74, 6) is 3.06. The van der Waals surface area contributed by atoms with Gasteiger partial charge in [-0.1, -0.05) is 12.1 Å². The van der Waals surface area contributed by atoms with Gasteiger partial charge in [0.15, 0.2) is 5.82 Å². The molecule has 8 heteroatoms. The third-order valence-corrected chi connectivity index (χ3v) is 8.81. The van der Waals surface area contributed by atoms with Crippen molar-refractivity contribution in [3.8, 4) is 11.3 Å². The Labute approximate surface area is 226 Å². The molecular weight excluding hydrogens is 474 g/mol. The Hall–Kier alpha value is -2.97. The molecule has 1 atom stereocenters. The zero-order valence-corrected chi connectivity index (χ0v) is 23.0. The SMILES string of the molecule is CCN1COCNc2ncnc(C3CCC(c4nc(-c5ccc(C)c(C)c5)cn4C[C@@H]4CCCN4)CC3)c21. The summed E-state index contributed by atoms with van der Waals surface area (Å²) in [5, 5.41) is 7.03. The van der Waals surface area contributed by atoms with Crippen molar-refractivity contribution in [3.05, 3.63) is 53.4 Å². The highest BCUT2D eigenvalue weighted by Gasteiger charge is 2.32. The highest BCUT2D eigenvalue weighted by atomic mass is 16.5. The quantitative estimate of drug-likeness (QED) is 0.459. The van der Waals surface area contributed by atoms with Crippen molar-refractivity contribution in [2.45, 2.75) is 83.7 Å². The monoisotopic (exact) mass is 515 g/mol. The van der Waals surface area contributed by atoms with Crippen LogP contribution in [0.25, 0.3) is 11.3 Å². The van der Waals surface area contributed by atoms with Crippen LogP contribution in [0.3, 0.4) is 0 Å². The largest absolute Gasteiger partial charge is 0.345 e. The second kappa shape index (κ2) is 11.0. The predicted molar refractivity (Wildman–Crippen MR) is 152 cm³/mol. The predicted octanol–water partition coefficient (Wildman–Crippen LogP) is 5.33. The van der Waals surface area contributed by atoms with Gasteiger partial charge in [-0.15, -0.1) is 0 Å². The Kier molecular flexibility index (Phi) is 7.34. The molecule has 1 saturated carbocycles. The van der Waals surface area contributed by atoms with Crippen molar-refractivity contribution in [3.63, 3.8) is 0 Å². The van der Waals surface area contributed by atoms with Crippen LogP contribution < -0.4 is 15.5 Å². The van der Waals surface area contributed by atoms with E-state index in [4.69, 9.17) is 14.7 Å². The van der Waals surface area contributed by atoms with Gasteiger partial charge in [0.2, 0.25) is 0 Å². The summed E-state index contributed by atoms with van der Waals surface area (Å²) < 4.78 is 8.22. The van der Waals surface area contributed by atoms with Gasteiger partial charge in [-0.05, 0) is 83.0 Å². The summed E-state index contributed by atoms with van der Waals surface area (Å²) in [4.78, 5) is 16.9. The third-order valence-electron chi connectivity index (χ3n) is 8.81. The second-order valence-corrected chi connectivity index (χ2v) is 11.2. The lowest BCUT2D eigenvalue weighted by Gasteiger charge is -2.31. The molecule has 0 radical (unpaired) electrons. The minimum Gasteiger partial charge on any atom is -0.345 e. The van der Waals surface area contributed by atoms with Gasteiger partial charge in [0, 0.05) is 42.7 Å². The zero-order chi connectivity index (χ0) is 26.1. The molecule has 2 fully saturated rings. The van der Waals surface area contributed by atoms with Gasteiger partial charge in [-0.25, -0.2) is 15.0 Å². The average Bonchev–Trinajstić information content (AvgIpc) is 3.56. The van der Waals surface area contributed by atoms with Crippen LogP contribution in [-0.2, 0) is 11.3 Å². The molecule has 0 bridgehead atoms. The van der Waals surface area contributed by atoms with E-state index in [0.29, 0.717) is 31.3 Å². The smallest absolute Gasteiger partial charge is 0.155 e. The number of nitrogens with one attached hydrogen (secondary N) is 2. The first kappa shape index (κ1) is 25.3. The summed E-state index contributed by atoms with van der Waals surface area (Å²) in [6, 6.07) is 7.27. The van der Waals surface area contributed by atoms with Crippen molar-refractivity contribution < 1.29 is 4.74 Å². The molecule has 3 aromatic rings. The van der Waals surface area contributed by atoms with Crippen LogP contribution in [0.5, 0.6) is 0 Å². The van der Waals surface area contributed by atoms with Gasteiger partial charge in [-0.3, -0.25) is 0 Å². The van der Waals surface area contributed by atoms with Crippen LogP contribution in [-0.4, -0.2) is 52.1 Å². The fourth-order valence-electron chi connectivity index (χ4n) is 6.44. The van der Waals surface area contributed by atoms with Crippen LogP contribution in [0.4, 0.5) is 11.5 Å². The molecule has 8 nitrogen and oxygen atoms in total. The zero-order valence-electron chi connectivity index (χ0n) is 23.0. The van der Waals surface area contributed by atoms with Crippen LogP contribution >= 0.6 is 0 Å². The van der Waals surface area contributed by atoms with Crippen LogP contribution in [0, 0.1) is 13.8 Å². The van der Waals surface area contributed by atoms with Gasteiger partial charge < -0.3 is 24.8 Å². The highest BCUT2D eigenvalue weighted by Crippen LogP contribution is 2.44. The van der Waals surface area contributed by atoms with E-state index in [2.05, 4.69) is 70.3 Å². The number of rotatable bonds is 6. The number of aryl methyl sites for hydroxylation is 2. The first-order chi connectivity index (χ1) is 18.6. The molecule has 6 rings (SSSR count). The average molecular weight is 516 g/mol. The Balaban J connectivity index is 1.25. The van der Waals surface area contributed by atoms with Gasteiger partial charge >= 0.3 is 0 Å². The van der Waals surface area contributed by atoms with Crippen LogP contribution in [0.2, 0.25) is 0 Å². The van der Waals surface area contributed by atoms with Gasteiger partial charge in [0.05, 0.1) is 11.4 Å². The first-order valence-electron chi connectivity index (χ1n) is 14.4. The van der Waals surface area contributed by atoms with E-state index in [1.807, 2.05) is 0 Å². The summed E-state index contributed by atoms with van der Waals surface area (Å²) in [5.41, 5.74) is 7.27. The van der Waals surface area contributed by atoms with E-state index >= 15 is 0 Å². The van der Waals surface area contributed by atoms with Crippen molar-refractivity contribution in [2.75, 3.05) is 36.8 Å². The number of aromatic nitrogens is 4. The number of hydrogen-bond acceptors (Lipinski definition) is 7. The van der Waals surface area contributed by atoms with E-state index in [1.54, 1.807) is 6.33 Å². The number of anilines is 2. The minimum atomic E-state index is 0.427. The molecule has 2 aromatic heterocycles. The summed E-state index contributed by atoms with van der Waals surface area (Å²) in [6.07, 6.45) is 11.0. The molecular formula is C30H41N7O. The lowest BCUT2D eigenvalue weighted by molar-refractivity contribution is 0.156. The molecule has 2 aliphatic heterocycles. The topological polar surface area (TPSA) is 80.1 Å². The summed E-state index contributed by atoms with van der Waals surface area (Å²) in [7, 11) is 0. The van der Waals surface area contributed by atoms with Crippen LogP contribution in [0.15, 0.2) is 30.7 Å². The molecule has 38 heavy (non-hydrogen) atoms. The third kappa shape index (κ3) is 5.04. The maximum absolute atomic E-state index is 5.75.